The Morgan fingerprint density at radius 3 is 2.57 bits per heavy atom. The van der Waals surface area contributed by atoms with Gasteiger partial charge < -0.3 is 19.6 Å². The molecule has 0 atom stereocenters. The number of amides is 1. The van der Waals surface area contributed by atoms with Gasteiger partial charge in [0.15, 0.2) is 5.82 Å². The average Bonchev–Trinajstić information content (AvgIpc) is 3.55. The number of carbonyl (C=O) groups excluding carboxylic acids is 1. The minimum Gasteiger partial charge on any atom is -0.368 e. The third-order valence-corrected chi connectivity index (χ3v) is 6.44. The van der Waals surface area contributed by atoms with Gasteiger partial charge in [0.1, 0.15) is 11.5 Å². The van der Waals surface area contributed by atoms with Crippen LogP contribution in [-0.2, 0) is 5.41 Å². The van der Waals surface area contributed by atoms with Crippen molar-refractivity contribution >= 4 is 17.4 Å². The first-order chi connectivity index (χ1) is 17.7. The van der Waals surface area contributed by atoms with E-state index >= 15 is 0 Å². The van der Waals surface area contributed by atoms with Crippen molar-refractivity contribution in [2.24, 2.45) is 0 Å². The lowest BCUT2D eigenvalue weighted by molar-refractivity contribution is 0.102. The van der Waals surface area contributed by atoms with Crippen LogP contribution >= 0.6 is 0 Å². The van der Waals surface area contributed by atoms with Crippen molar-refractivity contribution in [3.05, 3.63) is 60.0 Å². The van der Waals surface area contributed by atoms with E-state index in [0.717, 1.165) is 37.4 Å². The van der Waals surface area contributed by atoms with Crippen LogP contribution in [0, 0.1) is 6.92 Å². The number of hydrogen-bond acceptors (Lipinski definition) is 9. The van der Waals surface area contributed by atoms with Crippen LogP contribution in [0.1, 0.15) is 42.6 Å². The number of aromatic nitrogens is 6. The second-order valence-corrected chi connectivity index (χ2v) is 10.4. The van der Waals surface area contributed by atoms with Crippen molar-refractivity contribution in [2.45, 2.75) is 33.1 Å². The van der Waals surface area contributed by atoms with Gasteiger partial charge in [-0.25, -0.2) is 4.68 Å². The predicted octanol–water partition coefficient (Wildman–Crippen LogP) is 3.32. The van der Waals surface area contributed by atoms with Crippen LogP contribution < -0.4 is 10.2 Å². The van der Waals surface area contributed by atoms with Gasteiger partial charge in [-0.1, -0.05) is 31.1 Å². The lowest BCUT2D eigenvalue weighted by Crippen LogP contribution is -2.44. The quantitative estimate of drug-likeness (QED) is 0.439. The maximum absolute atomic E-state index is 12.9. The van der Waals surface area contributed by atoms with Crippen molar-refractivity contribution in [3.63, 3.8) is 0 Å². The highest BCUT2D eigenvalue weighted by Crippen LogP contribution is 2.26. The largest absolute Gasteiger partial charge is 0.368 e. The maximum atomic E-state index is 12.9. The lowest BCUT2D eigenvalue weighted by Gasteiger charge is -2.33. The average molecular weight is 502 g/mol. The molecule has 1 fully saturated rings. The van der Waals surface area contributed by atoms with E-state index in [1.165, 1.54) is 6.20 Å². The third-order valence-electron chi connectivity index (χ3n) is 6.44. The Morgan fingerprint density at radius 1 is 1.05 bits per heavy atom. The summed E-state index contributed by atoms with van der Waals surface area (Å²) < 4.78 is 6.99. The van der Waals surface area contributed by atoms with Gasteiger partial charge in [-0.3, -0.25) is 14.8 Å². The molecular weight excluding hydrogens is 470 g/mol. The summed E-state index contributed by atoms with van der Waals surface area (Å²) in [5.41, 5.74) is 4.17. The molecule has 1 amide bonds. The van der Waals surface area contributed by atoms with E-state index in [0.29, 0.717) is 34.2 Å². The van der Waals surface area contributed by atoms with E-state index < -0.39 is 0 Å². The van der Waals surface area contributed by atoms with E-state index in [2.05, 4.69) is 53.7 Å². The van der Waals surface area contributed by atoms with Crippen molar-refractivity contribution in [1.82, 2.24) is 35.0 Å². The van der Waals surface area contributed by atoms with Crippen LogP contribution in [0.25, 0.3) is 16.9 Å². The van der Waals surface area contributed by atoms with Crippen molar-refractivity contribution in [2.75, 3.05) is 43.4 Å². The number of rotatable bonds is 5. The third kappa shape index (κ3) is 5.36. The molecule has 1 aliphatic heterocycles. The Bertz CT molecular complexity index is 1410. The molecule has 4 aromatic rings. The first-order valence-electron chi connectivity index (χ1n) is 12.2. The van der Waals surface area contributed by atoms with Gasteiger partial charge in [-0.15, -0.1) is 5.10 Å². The predicted molar refractivity (Wildman–Crippen MR) is 140 cm³/mol. The molecule has 0 radical (unpaired) electrons. The van der Waals surface area contributed by atoms with Gasteiger partial charge in [0.05, 0.1) is 35.0 Å². The number of likely N-dealkylation sites (N-methyl/N-ethyl adjacent to an activating group) is 1. The molecule has 1 N–H and O–H groups in total. The van der Waals surface area contributed by atoms with Crippen LogP contribution in [0.3, 0.4) is 0 Å². The highest BCUT2D eigenvalue weighted by Gasteiger charge is 2.21. The molecule has 192 valence electrons. The van der Waals surface area contributed by atoms with Gasteiger partial charge in [0.2, 0.25) is 0 Å². The number of nitrogens with one attached hydrogen (secondary N) is 1. The summed E-state index contributed by atoms with van der Waals surface area (Å²) in [6.45, 7) is 11.9. The molecule has 4 aromatic heterocycles. The number of nitrogens with zero attached hydrogens (tertiary/aromatic N) is 8. The summed E-state index contributed by atoms with van der Waals surface area (Å²) in [5, 5.41) is 15.4. The van der Waals surface area contributed by atoms with Crippen LogP contribution in [0.4, 0.5) is 11.5 Å². The normalized spacial score (nSPS) is 14.7. The Labute approximate surface area is 215 Å². The molecule has 11 heteroatoms. The van der Waals surface area contributed by atoms with E-state index in [4.69, 9.17) is 4.52 Å². The lowest BCUT2D eigenvalue weighted by atomic mass is 9.93. The minimum atomic E-state index is -0.341. The van der Waals surface area contributed by atoms with Crippen LogP contribution in [-0.4, -0.2) is 74.2 Å². The molecule has 0 unspecified atom stereocenters. The Morgan fingerprint density at radius 2 is 1.84 bits per heavy atom. The summed E-state index contributed by atoms with van der Waals surface area (Å²) in [7, 11) is 2.14. The standard InChI is InChI=1S/C26H31N9O2/c1-17-22(11-19(14-28-17)25(36)29-24-12-23(37-31-24)26(2,3)4)35-16-21(30-32-35)18-10-20(15-27-13-18)34-8-6-33(5)7-9-34/h10-16H,6-9H2,1-5H3,(H,29,31,36). The van der Waals surface area contributed by atoms with Crippen molar-refractivity contribution < 1.29 is 9.32 Å². The molecule has 11 nitrogen and oxygen atoms in total. The smallest absolute Gasteiger partial charge is 0.258 e. The zero-order chi connectivity index (χ0) is 26.2. The second kappa shape index (κ2) is 9.74. The fourth-order valence-electron chi connectivity index (χ4n) is 4.07. The molecule has 0 aliphatic carbocycles. The number of pyridine rings is 2. The van der Waals surface area contributed by atoms with Crippen molar-refractivity contribution in [3.8, 4) is 16.9 Å². The number of piperazine rings is 1. The molecule has 0 saturated carbocycles. The van der Waals surface area contributed by atoms with Gasteiger partial charge in [-0.2, -0.15) is 0 Å². The summed E-state index contributed by atoms with van der Waals surface area (Å²) in [5.74, 6) is 0.701. The SMILES string of the molecule is Cc1ncc(C(=O)Nc2cc(C(C)(C)C)on2)cc1-n1cc(-c2cncc(N3CCN(C)CC3)c2)nn1. The van der Waals surface area contributed by atoms with Gasteiger partial charge in [0.25, 0.3) is 5.91 Å². The molecule has 1 saturated heterocycles. The highest BCUT2D eigenvalue weighted by atomic mass is 16.5. The molecule has 1 aliphatic rings. The van der Waals surface area contributed by atoms with Gasteiger partial charge in [0, 0.05) is 55.6 Å². The summed E-state index contributed by atoms with van der Waals surface area (Å²) >= 11 is 0. The molecule has 5 heterocycles. The van der Waals surface area contributed by atoms with E-state index in [1.807, 2.05) is 40.1 Å². The molecule has 37 heavy (non-hydrogen) atoms. The highest BCUT2D eigenvalue weighted by molar-refractivity contribution is 6.03. The van der Waals surface area contributed by atoms with Gasteiger partial charge in [-0.05, 0) is 26.1 Å². The molecule has 0 spiro atoms. The molecule has 5 rings (SSSR count). The number of anilines is 2. The van der Waals surface area contributed by atoms with Crippen LogP contribution in [0.15, 0.2) is 47.5 Å². The summed E-state index contributed by atoms with van der Waals surface area (Å²) in [4.78, 5) is 26.4. The first-order valence-corrected chi connectivity index (χ1v) is 12.2. The Hall–Kier alpha value is -4.12. The minimum absolute atomic E-state index is 0.209. The molecular formula is C26H31N9O2. The van der Waals surface area contributed by atoms with Crippen molar-refractivity contribution in [1.29, 1.82) is 0 Å². The zero-order valence-electron chi connectivity index (χ0n) is 21.8. The second-order valence-electron chi connectivity index (χ2n) is 10.4. The van der Waals surface area contributed by atoms with E-state index in [-0.39, 0.29) is 11.3 Å². The number of hydrogen-bond donors (Lipinski definition) is 1. The number of carbonyl (C=O) groups is 1. The van der Waals surface area contributed by atoms with E-state index in [9.17, 15) is 4.79 Å². The van der Waals surface area contributed by atoms with Crippen LogP contribution in [0.2, 0.25) is 0 Å². The van der Waals surface area contributed by atoms with E-state index in [1.54, 1.807) is 23.0 Å². The monoisotopic (exact) mass is 501 g/mol. The summed E-state index contributed by atoms with van der Waals surface area (Å²) in [6.07, 6.45) is 7.02. The number of aryl methyl sites for hydroxylation is 1. The van der Waals surface area contributed by atoms with Gasteiger partial charge >= 0.3 is 0 Å². The molecule has 0 aromatic carbocycles. The van der Waals surface area contributed by atoms with Crippen LogP contribution in [0.5, 0.6) is 0 Å². The Kier molecular flexibility index (Phi) is 6.46. The molecule has 0 bridgehead atoms. The fraction of sp³-hybridized carbons (Fsp3) is 0.385. The first kappa shape index (κ1) is 24.6. The Balaban J connectivity index is 1.35. The maximum Gasteiger partial charge on any atom is 0.258 e. The zero-order valence-corrected chi connectivity index (χ0v) is 21.8. The topological polar surface area (TPSA) is 118 Å². The summed E-state index contributed by atoms with van der Waals surface area (Å²) in [6, 6.07) is 5.56. The fourth-order valence-corrected chi connectivity index (χ4v) is 4.07.